The topological polar surface area (TPSA) is 102 Å². The van der Waals surface area contributed by atoms with Crippen LogP contribution in [-0.4, -0.2) is 69.1 Å². The number of halogens is 3. The van der Waals surface area contributed by atoms with Gasteiger partial charge in [-0.2, -0.15) is 13.2 Å². The molecule has 1 aliphatic heterocycles. The van der Waals surface area contributed by atoms with E-state index in [2.05, 4.69) is 37.2 Å². The van der Waals surface area contributed by atoms with E-state index >= 15 is 0 Å². The molecule has 4 aromatic rings. The minimum Gasteiger partial charge on any atom is -0.475 e. The van der Waals surface area contributed by atoms with Crippen molar-refractivity contribution in [3.63, 3.8) is 0 Å². The maximum absolute atomic E-state index is 12.8. The molecular weight excluding hydrogens is 531 g/mol. The predicted molar refractivity (Wildman–Crippen MR) is 144 cm³/mol. The van der Waals surface area contributed by atoms with E-state index in [-0.39, 0.29) is 5.91 Å². The van der Waals surface area contributed by atoms with E-state index in [0.717, 1.165) is 72.2 Å². The number of hydrogen-bond donors (Lipinski definition) is 3. The molecular formula is C27H28F3N5O3S. The van der Waals surface area contributed by atoms with Crippen molar-refractivity contribution < 1.29 is 27.9 Å². The highest BCUT2D eigenvalue weighted by Gasteiger charge is 2.38. The Hall–Kier alpha value is -3.74. The number of fused-ring (bicyclic) bond motifs is 1. The van der Waals surface area contributed by atoms with Crippen LogP contribution in [0.4, 0.5) is 18.9 Å². The number of carboxylic acids is 1. The molecule has 0 spiro atoms. The number of carbonyl (C=O) groups excluding carboxylic acids is 1. The minimum atomic E-state index is -5.08. The molecule has 3 heterocycles. The molecule has 8 nitrogen and oxygen atoms in total. The molecule has 206 valence electrons. The van der Waals surface area contributed by atoms with Gasteiger partial charge >= 0.3 is 12.1 Å². The van der Waals surface area contributed by atoms with Gasteiger partial charge in [-0.1, -0.05) is 30.3 Å². The fourth-order valence-electron chi connectivity index (χ4n) is 4.23. The van der Waals surface area contributed by atoms with Gasteiger partial charge in [0.2, 0.25) is 0 Å². The highest BCUT2D eigenvalue weighted by molar-refractivity contribution is 7.20. The van der Waals surface area contributed by atoms with Crippen molar-refractivity contribution >= 4 is 39.0 Å². The summed E-state index contributed by atoms with van der Waals surface area (Å²) in [6, 6.07) is 18.3. The van der Waals surface area contributed by atoms with E-state index in [0.29, 0.717) is 0 Å². The third-order valence-electron chi connectivity index (χ3n) is 6.09. The number of aliphatic carboxylic acids is 1. The zero-order valence-electron chi connectivity index (χ0n) is 20.9. The van der Waals surface area contributed by atoms with Gasteiger partial charge in [0.25, 0.3) is 5.91 Å². The highest BCUT2D eigenvalue weighted by Crippen LogP contribution is 2.26. The number of anilines is 1. The molecule has 12 heteroatoms. The number of imidazole rings is 1. The fraction of sp³-hybridized carbons (Fsp3) is 0.296. The Morgan fingerprint density at radius 2 is 1.72 bits per heavy atom. The first kappa shape index (κ1) is 28.3. The van der Waals surface area contributed by atoms with Crippen molar-refractivity contribution in [2.24, 2.45) is 0 Å². The Labute approximate surface area is 227 Å². The van der Waals surface area contributed by atoms with Gasteiger partial charge < -0.3 is 15.4 Å². The van der Waals surface area contributed by atoms with Gasteiger partial charge in [-0.25, -0.2) is 9.78 Å². The molecule has 39 heavy (non-hydrogen) atoms. The molecule has 1 fully saturated rings. The number of aromatic amines is 1. The number of hydrogen-bond acceptors (Lipinski definition) is 6. The van der Waals surface area contributed by atoms with Crippen molar-refractivity contribution in [1.29, 1.82) is 0 Å². The smallest absolute Gasteiger partial charge is 0.475 e. The van der Waals surface area contributed by atoms with Crippen molar-refractivity contribution in [3.05, 3.63) is 83.3 Å². The molecule has 1 amide bonds. The summed E-state index contributed by atoms with van der Waals surface area (Å²) < 4.78 is 32.9. The third-order valence-corrected chi connectivity index (χ3v) is 7.21. The van der Waals surface area contributed by atoms with Crippen LogP contribution in [-0.2, 0) is 17.9 Å². The first-order valence-electron chi connectivity index (χ1n) is 12.3. The van der Waals surface area contributed by atoms with Gasteiger partial charge in [-0.05, 0) is 54.7 Å². The molecule has 2 aromatic carbocycles. The second-order valence-electron chi connectivity index (χ2n) is 9.05. The molecule has 1 saturated heterocycles. The number of nitrogens with zero attached hydrogens (tertiary/aromatic N) is 3. The Balaban J connectivity index is 0.000000448. The van der Waals surface area contributed by atoms with E-state index in [9.17, 15) is 18.0 Å². The van der Waals surface area contributed by atoms with Crippen molar-refractivity contribution in [3.8, 4) is 0 Å². The van der Waals surface area contributed by atoms with Crippen molar-refractivity contribution in [2.45, 2.75) is 25.7 Å². The summed E-state index contributed by atoms with van der Waals surface area (Å²) in [5.41, 5.74) is 2.07. The van der Waals surface area contributed by atoms with Crippen molar-refractivity contribution in [1.82, 2.24) is 19.8 Å². The van der Waals surface area contributed by atoms with E-state index in [1.807, 2.05) is 54.9 Å². The first-order chi connectivity index (χ1) is 18.7. The Morgan fingerprint density at radius 3 is 2.38 bits per heavy atom. The Morgan fingerprint density at radius 1 is 1.00 bits per heavy atom. The van der Waals surface area contributed by atoms with Gasteiger partial charge in [0.15, 0.2) is 0 Å². The summed E-state index contributed by atoms with van der Waals surface area (Å²) in [5, 5.41) is 11.3. The standard InChI is InChI=1S/C25H27N5OS.C2HF3O2/c31-25(23-16-20-6-1-2-8-22(20)32-23)28-21-7-3-5-19(15-21)17-29-11-4-12-30(14-13-29)18-24-26-9-10-27-24;3-2(4,5)1(6)7/h1-3,5-10,15-16H,4,11-14,17-18H2,(H,26,27)(H,28,31);(H,6,7). The lowest BCUT2D eigenvalue weighted by molar-refractivity contribution is -0.192. The summed E-state index contributed by atoms with van der Waals surface area (Å²) in [5.74, 6) is -1.78. The molecule has 0 unspecified atom stereocenters. The van der Waals surface area contributed by atoms with Gasteiger partial charge in [0.05, 0.1) is 11.4 Å². The summed E-state index contributed by atoms with van der Waals surface area (Å²) in [6.07, 6.45) is -0.249. The SMILES string of the molecule is O=C(Nc1cccc(CN2CCCN(Cc3ncc[nH]3)CC2)c1)c1cc2ccccc2s1.O=C(O)C(F)(F)F. The second-order valence-corrected chi connectivity index (χ2v) is 10.1. The number of H-pyrrole nitrogens is 1. The number of carboxylic acid groups (broad SMARTS) is 1. The molecule has 0 radical (unpaired) electrons. The molecule has 3 N–H and O–H groups in total. The molecule has 0 aliphatic carbocycles. The molecule has 5 rings (SSSR count). The lowest BCUT2D eigenvalue weighted by Crippen LogP contribution is -2.30. The number of thiophene rings is 1. The first-order valence-corrected chi connectivity index (χ1v) is 13.1. The summed E-state index contributed by atoms with van der Waals surface area (Å²) >= 11 is 1.53. The zero-order chi connectivity index (χ0) is 27.8. The fourth-order valence-corrected chi connectivity index (χ4v) is 5.19. The van der Waals surface area contributed by atoms with Crippen LogP contribution in [0.3, 0.4) is 0 Å². The average Bonchev–Trinajstić information content (AvgIpc) is 3.51. The molecule has 0 saturated carbocycles. The van der Waals surface area contributed by atoms with E-state index in [4.69, 9.17) is 9.90 Å². The number of amides is 1. The molecule has 1 aliphatic rings. The summed E-state index contributed by atoms with van der Waals surface area (Å²) in [6.45, 7) is 5.99. The van der Waals surface area contributed by atoms with E-state index in [1.165, 1.54) is 16.9 Å². The number of benzene rings is 2. The van der Waals surface area contributed by atoms with Crippen molar-refractivity contribution in [2.75, 3.05) is 31.5 Å². The normalized spacial score (nSPS) is 14.8. The summed E-state index contributed by atoms with van der Waals surface area (Å²) in [7, 11) is 0. The van der Waals surface area contributed by atoms with Gasteiger partial charge in [0, 0.05) is 42.4 Å². The van der Waals surface area contributed by atoms with Crippen LogP contribution >= 0.6 is 11.3 Å². The monoisotopic (exact) mass is 559 g/mol. The lowest BCUT2D eigenvalue weighted by Gasteiger charge is -2.21. The zero-order valence-corrected chi connectivity index (χ0v) is 21.8. The largest absolute Gasteiger partial charge is 0.490 e. The maximum atomic E-state index is 12.8. The Bertz CT molecular complexity index is 1360. The molecule has 0 atom stereocenters. The quantitative estimate of drug-likeness (QED) is 0.300. The van der Waals surface area contributed by atoms with Crippen LogP contribution in [0.25, 0.3) is 10.1 Å². The number of carbonyl (C=O) groups is 2. The summed E-state index contributed by atoms with van der Waals surface area (Å²) in [4.78, 5) is 34.9. The number of aromatic nitrogens is 2. The lowest BCUT2D eigenvalue weighted by atomic mass is 10.1. The number of nitrogens with one attached hydrogen (secondary N) is 2. The van der Waals surface area contributed by atoms with Crippen LogP contribution in [0.5, 0.6) is 0 Å². The van der Waals surface area contributed by atoms with E-state index in [1.54, 1.807) is 0 Å². The van der Waals surface area contributed by atoms with Crippen LogP contribution in [0, 0.1) is 0 Å². The van der Waals surface area contributed by atoms with Crippen LogP contribution in [0.15, 0.2) is 67.0 Å². The second kappa shape index (κ2) is 12.9. The van der Waals surface area contributed by atoms with Crippen LogP contribution in [0.2, 0.25) is 0 Å². The average molecular weight is 560 g/mol. The maximum Gasteiger partial charge on any atom is 0.490 e. The molecule has 2 aromatic heterocycles. The van der Waals surface area contributed by atoms with Crippen LogP contribution in [0.1, 0.15) is 27.5 Å². The minimum absolute atomic E-state index is 0.0494. The third kappa shape index (κ3) is 8.37. The predicted octanol–water partition coefficient (Wildman–Crippen LogP) is 5.22. The molecule has 0 bridgehead atoms. The van der Waals surface area contributed by atoms with Gasteiger partial charge in [0.1, 0.15) is 5.82 Å². The number of alkyl halides is 3. The Kier molecular flexibility index (Phi) is 9.33. The van der Waals surface area contributed by atoms with Gasteiger partial charge in [-0.3, -0.25) is 14.6 Å². The van der Waals surface area contributed by atoms with Gasteiger partial charge in [-0.15, -0.1) is 11.3 Å². The van der Waals surface area contributed by atoms with E-state index < -0.39 is 12.1 Å². The van der Waals surface area contributed by atoms with Crippen LogP contribution < -0.4 is 5.32 Å². The highest BCUT2D eigenvalue weighted by atomic mass is 32.1. The number of rotatable bonds is 6.